The average Bonchev–Trinajstić information content (AvgIpc) is 3.03. The Morgan fingerprint density at radius 3 is 2.38 bits per heavy atom. The van der Waals surface area contributed by atoms with E-state index in [-0.39, 0.29) is 0 Å². The highest BCUT2D eigenvalue weighted by Gasteiger charge is 2.56. The Hall–Kier alpha value is -1.87. The van der Waals surface area contributed by atoms with Crippen molar-refractivity contribution in [3.05, 3.63) is 48.2 Å². The third-order valence-electron chi connectivity index (χ3n) is 5.63. The van der Waals surface area contributed by atoms with Crippen LogP contribution < -0.4 is 4.74 Å². The Bertz CT molecular complexity index is 681. The fraction of sp³-hybridized carbons (Fsp3) is 0.476. The second-order valence-electron chi connectivity index (χ2n) is 7.60. The summed E-state index contributed by atoms with van der Waals surface area (Å²) < 4.78 is 6.03. The van der Waals surface area contributed by atoms with Crippen molar-refractivity contribution in [2.24, 2.45) is 17.8 Å². The van der Waals surface area contributed by atoms with E-state index in [1.165, 1.54) is 18.7 Å². The predicted octanol–water partition coefficient (Wildman–Crippen LogP) is 4.02. The van der Waals surface area contributed by atoms with E-state index in [0.717, 1.165) is 41.4 Å². The number of aromatic nitrogens is 1. The Labute approximate surface area is 144 Å². The predicted molar refractivity (Wildman–Crippen MR) is 97.1 cm³/mol. The van der Waals surface area contributed by atoms with Gasteiger partial charge in [-0.15, -0.1) is 0 Å². The number of nitrogens with zero attached hydrogens (tertiary/aromatic N) is 2. The highest BCUT2D eigenvalue weighted by molar-refractivity contribution is 5.60. The molecule has 1 aliphatic carbocycles. The van der Waals surface area contributed by atoms with Gasteiger partial charge in [0.15, 0.2) is 0 Å². The number of pyridine rings is 1. The standard InChI is InChI=1S/C21H26N2O/c1-14(2)23-11-18-19(12-23)20(18)13-24-17-7-5-16(6-8-17)21-9-4-15(3)10-22-21/h4-10,14,18-20H,11-13H2,1-3H3. The summed E-state index contributed by atoms with van der Waals surface area (Å²) in [4.78, 5) is 7.07. The van der Waals surface area contributed by atoms with Gasteiger partial charge in [0, 0.05) is 36.8 Å². The molecular formula is C21H26N2O. The number of piperidine rings is 1. The van der Waals surface area contributed by atoms with Gasteiger partial charge in [-0.05, 0) is 68.5 Å². The quantitative estimate of drug-likeness (QED) is 0.831. The lowest BCUT2D eigenvalue weighted by Crippen LogP contribution is -2.31. The summed E-state index contributed by atoms with van der Waals surface area (Å²) in [5, 5.41) is 0. The smallest absolute Gasteiger partial charge is 0.119 e. The van der Waals surface area contributed by atoms with Crippen LogP contribution in [-0.4, -0.2) is 35.6 Å². The molecule has 0 bridgehead atoms. The van der Waals surface area contributed by atoms with E-state index in [1.807, 2.05) is 6.20 Å². The van der Waals surface area contributed by atoms with E-state index in [2.05, 4.69) is 67.1 Å². The second kappa shape index (κ2) is 6.21. The van der Waals surface area contributed by atoms with Gasteiger partial charge in [0.25, 0.3) is 0 Å². The van der Waals surface area contributed by atoms with Gasteiger partial charge in [0.2, 0.25) is 0 Å². The second-order valence-corrected chi connectivity index (χ2v) is 7.60. The lowest BCUT2D eigenvalue weighted by Gasteiger charge is -2.23. The number of likely N-dealkylation sites (tertiary alicyclic amines) is 1. The largest absolute Gasteiger partial charge is 0.493 e. The fourth-order valence-corrected chi connectivity index (χ4v) is 3.90. The van der Waals surface area contributed by atoms with Crippen molar-refractivity contribution in [1.29, 1.82) is 0 Å². The van der Waals surface area contributed by atoms with Crippen molar-refractivity contribution in [2.45, 2.75) is 26.8 Å². The molecule has 3 heteroatoms. The molecule has 2 atom stereocenters. The SMILES string of the molecule is Cc1ccc(-c2ccc(OCC3C4CN(C(C)C)CC34)cc2)nc1. The van der Waals surface area contributed by atoms with Crippen molar-refractivity contribution in [3.8, 4) is 17.0 Å². The van der Waals surface area contributed by atoms with Crippen LogP contribution >= 0.6 is 0 Å². The van der Waals surface area contributed by atoms with Crippen molar-refractivity contribution in [3.63, 3.8) is 0 Å². The Morgan fingerprint density at radius 1 is 1.08 bits per heavy atom. The first-order valence-corrected chi connectivity index (χ1v) is 9.02. The van der Waals surface area contributed by atoms with E-state index in [1.54, 1.807) is 0 Å². The minimum absolute atomic E-state index is 0.683. The van der Waals surface area contributed by atoms with Gasteiger partial charge in [-0.3, -0.25) is 4.98 Å². The molecule has 0 radical (unpaired) electrons. The van der Waals surface area contributed by atoms with Crippen LogP contribution in [0.3, 0.4) is 0 Å². The summed E-state index contributed by atoms with van der Waals surface area (Å²) in [5.41, 5.74) is 3.33. The molecular weight excluding hydrogens is 296 g/mol. The van der Waals surface area contributed by atoms with Gasteiger partial charge in [-0.1, -0.05) is 6.07 Å². The number of benzene rings is 1. The highest BCUT2D eigenvalue weighted by atomic mass is 16.5. The normalized spacial score (nSPS) is 25.8. The minimum Gasteiger partial charge on any atom is -0.493 e. The van der Waals surface area contributed by atoms with Crippen LogP contribution in [0.4, 0.5) is 0 Å². The summed E-state index contributed by atoms with van der Waals surface area (Å²) in [6, 6.07) is 13.2. The van der Waals surface area contributed by atoms with E-state index in [4.69, 9.17) is 4.74 Å². The molecule has 4 rings (SSSR count). The number of rotatable bonds is 5. The first-order valence-electron chi connectivity index (χ1n) is 9.02. The summed E-state index contributed by atoms with van der Waals surface area (Å²) >= 11 is 0. The zero-order chi connectivity index (χ0) is 16.7. The molecule has 24 heavy (non-hydrogen) atoms. The number of ether oxygens (including phenoxy) is 1. The molecule has 1 saturated carbocycles. The maximum absolute atomic E-state index is 6.03. The van der Waals surface area contributed by atoms with Gasteiger partial charge >= 0.3 is 0 Å². The summed E-state index contributed by atoms with van der Waals surface area (Å²) in [5.74, 6) is 3.46. The summed E-state index contributed by atoms with van der Waals surface area (Å²) in [7, 11) is 0. The van der Waals surface area contributed by atoms with Crippen LogP contribution in [0.2, 0.25) is 0 Å². The molecule has 1 aliphatic heterocycles. The Kier molecular flexibility index (Phi) is 4.05. The maximum Gasteiger partial charge on any atom is 0.119 e. The molecule has 1 saturated heterocycles. The molecule has 2 fully saturated rings. The minimum atomic E-state index is 0.683. The van der Waals surface area contributed by atoms with E-state index in [0.29, 0.717) is 6.04 Å². The molecule has 1 aromatic heterocycles. The van der Waals surface area contributed by atoms with Gasteiger partial charge in [-0.2, -0.15) is 0 Å². The Morgan fingerprint density at radius 2 is 1.79 bits per heavy atom. The first-order chi connectivity index (χ1) is 11.6. The lowest BCUT2D eigenvalue weighted by atomic mass is 10.1. The van der Waals surface area contributed by atoms with Gasteiger partial charge < -0.3 is 9.64 Å². The number of aryl methyl sites for hydroxylation is 1. The van der Waals surface area contributed by atoms with E-state index >= 15 is 0 Å². The zero-order valence-corrected chi connectivity index (χ0v) is 14.8. The zero-order valence-electron chi connectivity index (χ0n) is 14.8. The van der Waals surface area contributed by atoms with Crippen molar-refractivity contribution in [1.82, 2.24) is 9.88 Å². The molecule has 126 valence electrons. The fourth-order valence-electron chi connectivity index (χ4n) is 3.90. The molecule has 2 aromatic rings. The molecule has 3 nitrogen and oxygen atoms in total. The third-order valence-corrected chi connectivity index (χ3v) is 5.63. The average molecular weight is 322 g/mol. The molecule has 0 amide bonds. The summed E-state index contributed by atoms with van der Waals surface area (Å²) in [6.45, 7) is 10.0. The molecule has 2 aliphatic rings. The van der Waals surface area contributed by atoms with Gasteiger partial charge in [-0.25, -0.2) is 0 Å². The van der Waals surface area contributed by atoms with Crippen LogP contribution in [-0.2, 0) is 0 Å². The molecule has 1 aromatic carbocycles. The van der Waals surface area contributed by atoms with Gasteiger partial charge in [0.05, 0.1) is 12.3 Å². The van der Waals surface area contributed by atoms with Crippen molar-refractivity contribution >= 4 is 0 Å². The topological polar surface area (TPSA) is 25.4 Å². The number of hydrogen-bond donors (Lipinski definition) is 0. The van der Waals surface area contributed by atoms with Gasteiger partial charge in [0.1, 0.15) is 5.75 Å². The third kappa shape index (κ3) is 3.05. The van der Waals surface area contributed by atoms with Crippen molar-refractivity contribution in [2.75, 3.05) is 19.7 Å². The van der Waals surface area contributed by atoms with Crippen LogP contribution in [0.25, 0.3) is 11.3 Å². The number of hydrogen-bond acceptors (Lipinski definition) is 3. The molecule has 2 unspecified atom stereocenters. The van der Waals surface area contributed by atoms with Crippen molar-refractivity contribution < 1.29 is 4.74 Å². The Balaban J connectivity index is 1.30. The van der Waals surface area contributed by atoms with E-state index in [9.17, 15) is 0 Å². The summed E-state index contributed by atoms with van der Waals surface area (Å²) in [6.07, 6.45) is 1.91. The lowest BCUT2D eigenvalue weighted by molar-refractivity contribution is 0.206. The van der Waals surface area contributed by atoms with Crippen LogP contribution in [0.5, 0.6) is 5.75 Å². The van der Waals surface area contributed by atoms with Crippen LogP contribution in [0, 0.1) is 24.7 Å². The van der Waals surface area contributed by atoms with Crippen LogP contribution in [0.15, 0.2) is 42.6 Å². The maximum atomic E-state index is 6.03. The molecule has 0 N–H and O–H groups in total. The number of fused-ring (bicyclic) bond motifs is 1. The molecule has 2 heterocycles. The monoisotopic (exact) mass is 322 g/mol. The van der Waals surface area contributed by atoms with E-state index < -0.39 is 0 Å². The first kappa shape index (κ1) is 15.6. The van der Waals surface area contributed by atoms with Crippen LogP contribution in [0.1, 0.15) is 19.4 Å². The highest BCUT2D eigenvalue weighted by Crippen LogP contribution is 2.52. The molecule has 0 spiro atoms.